The van der Waals surface area contributed by atoms with E-state index < -0.39 is 10.0 Å². The number of hydrogen-bond acceptors (Lipinski definition) is 4. The summed E-state index contributed by atoms with van der Waals surface area (Å²) in [6, 6.07) is 6.76. The minimum atomic E-state index is -3.42. The zero-order valence-electron chi connectivity index (χ0n) is 15.5. The Hall–Kier alpha value is -1.44. The van der Waals surface area contributed by atoms with Gasteiger partial charge in [0.2, 0.25) is 15.9 Å². The third kappa shape index (κ3) is 4.10. The van der Waals surface area contributed by atoms with Crippen molar-refractivity contribution in [2.45, 2.75) is 43.9 Å². The molecule has 2 saturated heterocycles. The fourth-order valence-electron chi connectivity index (χ4n) is 3.72. The van der Waals surface area contributed by atoms with Crippen molar-refractivity contribution in [3.8, 4) is 0 Å². The molecule has 6 nitrogen and oxygen atoms in total. The number of benzene rings is 1. The third-order valence-electron chi connectivity index (χ3n) is 5.63. The van der Waals surface area contributed by atoms with Gasteiger partial charge in [-0.1, -0.05) is 25.5 Å². The standard InChI is InChI=1S/C19H29N3O3S/c1-19(14-20)9-12-21(15-19)18(23)13-16-5-7-17(8-6-16)26(24,25)22-10-3-2-4-11-22/h5-8H,2-4,9-15,20H2,1H3. The molecule has 7 heteroatoms. The van der Waals surface area contributed by atoms with Crippen LogP contribution in [0.15, 0.2) is 29.2 Å². The third-order valence-corrected chi connectivity index (χ3v) is 7.55. The molecule has 2 aliphatic heterocycles. The van der Waals surface area contributed by atoms with E-state index in [-0.39, 0.29) is 11.3 Å². The second kappa shape index (κ2) is 7.66. The highest BCUT2D eigenvalue weighted by Crippen LogP contribution is 2.29. The molecule has 1 amide bonds. The number of rotatable bonds is 5. The van der Waals surface area contributed by atoms with Crippen molar-refractivity contribution in [2.24, 2.45) is 11.1 Å². The van der Waals surface area contributed by atoms with Crippen LogP contribution in [0.3, 0.4) is 0 Å². The first-order chi connectivity index (χ1) is 12.3. The lowest BCUT2D eigenvalue weighted by Crippen LogP contribution is -2.35. The first kappa shape index (κ1) is 19.3. The summed E-state index contributed by atoms with van der Waals surface area (Å²) in [6.07, 6.45) is 4.16. The molecule has 2 fully saturated rings. The molecule has 3 rings (SSSR count). The van der Waals surface area contributed by atoms with Gasteiger partial charge in [0, 0.05) is 26.2 Å². The van der Waals surface area contributed by atoms with Crippen LogP contribution in [0.25, 0.3) is 0 Å². The van der Waals surface area contributed by atoms with Crippen LogP contribution in [0.4, 0.5) is 0 Å². The average Bonchev–Trinajstić information content (AvgIpc) is 3.06. The van der Waals surface area contributed by atoms with Crippen LogP contribution in [0, 0.1) is 5.41 Å². The minimum Gasteiger partial charge on any atom is -0.342 e. The summed E-state index contributed by atoms with van der Waals surface area (Å²) in [5, 5.41) is 0. The van der Waals surface area contributed by atoms with Gasteiger partial charge in [-0.15, -0.1) is 0 Å². The second-order valence-corrected chi connectivity index (χ2v) is 9.80. The molecule has 1 aromatic carbocycles. The Kier molecular flexibility index (Phi) is 5.69. The van der Waals surface area contributed by atoms with E-state index in [0.717, 1.165) is 37.8 Å². The first-order valence-corrected chi connectivity index (χ1v) is 10.9. The van der Waals surface area contributed by atoms with E-state index in [0.29, 0.717) is 37.5 Å². The van der Waals surface area contributed by atoms with Gasteiger partial charge in [-0.3, -0.25) is 4.79 Å². The highest BCUT2D eigenvalue weighted by Gasteiger charge is 2.34. The second-order valence-electron chi connectivity index (χ2n) is 7.87. The van der Waals surface area contributed by atoms with Gasteiger partial charge in [0.25, 0.3) is 0 Å². The van der Waals surface area contributed by atoms with Crippen molar-refractivity contribution in [2.75, 3.05) is 32.7 Å². The fourth-order valence-corrected chi connectivity index (χ4v) is 5.24. The van der Waals surface area contributed by atoms with Gasteiger partial charge in [0.15, 0.2) is 0 Å². The number of likely N-dealkylation sites (tertiary alicyclic amines) is 1. The summed E-state index contributed by atoms with van der Waals surface area (Å²) in [4.78, 5) is 14.7. The van der Waals surface area contributed by atoms with Crippen LogP contribution in [-0.4, -0.2) is 56.3 Å². The van der Waals surface area contributed by atoms with E-state index >= 15 is 0 Å². The molecule has 2 N–H and O–H groups in total. The smallest absolute Gasteiger partial charge is 0.243 e. The number of nitrogens with zero attached hydrogens (tertiary/aromatic N) is 2. The molecule has 0 radical (unpaired) electrons. The monoisotopic (exact) mass is 379 g/mol. The Morgan fingerprint density at radius 2 is 1.77 bits per heavy atom. The van der Waals surface area contributed by atoms with E-state index in [9.17, 15) is 13.2 Å². The van der Waals surface area contributed by atoms with Crippen LogP contribution >= 0.6 is 0 Å². The number of piperidine rings is 1. The van der Waals surface area contributed by atoms with Crippen LogP contribution in [0.1, 0.15) is 38.2 Å². The summed E-state index contributed by atoms with van der Waals surface area (Å²) < 4.78 is 26.9. The van der Waals surface area contributed by atoms with Gasteiger partial charge in [-0.05, 0) is 48.9 Å². The summed E-state index contributed by atoms with van der Waals surface area (Å²) in [7, 11) is -3.42. The Balaban J connectivity index is 1.63. The molecule has 0 spiro atoms. The number of sulfonamides is 1. The summed E-state index contributed by atoms with van der Waals surface area (Å²) in [6.45, 7) is 5.33. The number of hydrogen-bond donors (Lipinski definition) is 1. The number of nitrogens with two attached hydrogens (primary N) is 1. The van der Waals surface area contributed by atoms with E-state index in [1.54, 1.807) is 28.6 Å². The van der Waals surface area contributed by atoms with Crippen LogP contribution in [-0.2, 0) is 21.2 Å². The van der Waals surface area contributed by atoms with Gasteiger partial charge < -0.3 is 10.6 Å². The Morgan fingerprint density at radius 1 is 1.12 bits per heavy atom. The Morgan fingerprint density at radius 3 is 2.35 bits per heavy atom. The Labute approximate surface area is 156 Å². The molecule has 1 unspecified atom stereocenters. The Bertz CT molecular complexity index is 742. The highest BCUT2D eigenvalue weighted by molar-refractivity contribution is 7.89. The van der Waals surface area contributed by atoms with Crippen molar-refractivity contribution in [1.29, 1.82) is 0 Å². The first-order valence-electron chi connectivity index (χ1n) is 9.41. The normalized spacial score (nSPS) is 24.8. The molecule has 0 aliphatic carbocycles. The maximum Gasteiger partial charge on any atom is 0.243 e. The van der Waals surface area contributed by atoms with Crippen molar-refractivity contribution in [3.63, 3.8) is 0 Å². The predicted molar refractivity (Wildman–Crippen MR) is 101 cm³/mol. The van der Waals surface area contributed by atoms with E-state index in [4.69, 9.17) is 5.73 Å². The molecular weight excluding hydrogens is 350 g/mol. The highest BCUT2D eigenvalue weighted by atomic mass is 32.2. The number of carbonyl (C=O) groups is 1. The van der Waals surface area contributed by atoms with Crippen LogP contribution < -0.4 is 5.73 Å². The summed E-state index contributed by atoms with van der Waals surface area (Å²) in [5.41, 5.74) is 6.66. The number of carbonyl (C=O) groups excluding carboxylic acids is 1. The zero-order valence-corrected chi connectivity index (χ0v) is 16.3. The molecule has 144 valence electrons. The fraction of sp³-hybridized carbons (Fsp3) is 0.632. The topological polar surface area (TPSA) is 83.7 Å². The minimum absolute atomic E-state index is 0.0159. The summed E-state index contributed by atoms with van der Waals surface area (Å²) >= 11 is 0. The van der Waals surface area contributed by atoms with E-state index in [1.807, 2.05) is 4.90 Å². The van der Waals surface area contributed by atoms with E-state index in [1.165, 1.54) is 0 Å². The maximum absolute atomic E-state index is 12.7. The zero-order chi connectivity index (χ0) is 18.8. The van der Waals surface area contributed by atoms with Gasteiger partial charge in [0.05, 0.1) is 11.3 Å². The molecular formula is C19H29N3O3S. The van der Waals surface area contributed by atoms with Gasteiger partial charge in [0.1, 0.15) is 0 Å². The predicted octanol–water partition coefficient (Wildman–Crippen LogP) is 1.60. The van der Waals surface area contributed by atoms with Gasteiger partial charge in [-0.25, -0.2) is 8.42 Å². The molecule has 1 aromatic rings. The molecule has 0 bridgehead atoms. The van der Waals surface area contributed by atoms with Crippen molar-refractivity contribution in [3.05, 3.63) is 29.8 Å². The maximum atomic E-state index is 12.7. The lowest BCUT2D eigenvalue weighted by atomic mass is 9.90. The molecule has 0 aromatic heterocycles. The SMILES string of the molecule is CC1(CN)CCN(C(=O)Cc2ccc(S(=O)(=O)N3CCCCC3)cc2)C1. The molecule has 1 atom stereocenters. The molecule has 2 aliphatic rings. The van der Waals surface area contributed by atoms with Crippen molar-refractivity contribution in [1.82, 2.24) is 9.21 Å². The van der Waals surface area contributed by atoms with Crippen LogP contribution in [0.5, 0.6) is 0 Å². The van der Waals surface area contributed by atoms with Crippen molar-refractivity contribution < 1.29 is 13.2 Å². The molecule has 0 saturated carbocycles. The largest absolute Gasteiger partial charge is 0.342 e. The quantitative estimate of drug-likeness (QED) is 0.842. The lowest BCUT2D eigenvalue weighted by Gasteiger charge is -2.26. The molecule has 2 heterocycles. The summed E-state index contributed by atoms with van der Waals surface area (Å²) in [5.74, 6) is 0.0776. The van der Waals surface area contributed by atoms with Crippen LogP contribution in [0.2, 0.25) is 0 Å². The van der Waals surface area contributed by atoms with E-state index in [2.05, 4.69) is 6.92 Å². The number of amides is 1. The lowest BCUT2D eigenvalue weighted by molar-refractivity contribution is -0.129. The van der Waals surface area contributed by atoms with Gasteiger partial charge in [-0.2, -0.15) is 4.31 Å². The molecule has 26 heavy (non-hydrogen) atoms. The van der Waals surface area contributed by atoms with Gasteiger partial charge >= 0.3 is 0 Å². The average molecular weight is 380 g/mol. The van der Waals surface area contributed by atoms with Crippen molar-refractivity contribution >= 4 is 15.9 Å².